The van der Waals surface area contributed by atoms with Crippen LogP contribution in [0.25, 0.3) is 0 Å². The van der Waals surface area contributed by atoms with Crippen molar-refractivity contribution in [2.24, 2.45) is 4.99 Å². The average Bonchev–Trinajstić information content (AvgIpc) is 2.49. The van der Waals surface area contributed by atoms with E-state index < -0.39 is 0 Å². The third-order valence-corrected chi connectivity index (χ3v) is 2.69. The molecule has 0 fully saturated rings. The number of nitrogens with zero attached hydrogens (tertiary/aromatic N) is 1. The fourth-order valence-electron chi connectivity index (χ4n) is 1.61. The maximum atomic E-state index is 4.36. The molecule has 0 saturated carbocycles. The zero-order valence-corrected chi connectivity index (χ0v) is 11.5. The molecular formula is C18H18N2. The lowest BCUT2D eigenvalue weighted by Gasteiger charge is -1.98. The molecule has 0 heterocycles. The Hall–Kier alpha value is -2.61. The molecule has 2 nitrogen and oxygen atoms in total. The zero-order valence-electron chi connectivity index (χ0n) is 11.5. The maximum Gasteiger partial charge on any atom is 0.0629 e. The van der Waals surface area contributed by atoms with Gasteiger partial charge in [-0.2, -0.15) is 0 Å². The number of hydrogen-bond acceptors (Lipinski definition) is 2. The normalized spacial score (nSPS) is 12.2. The molecule has 0 amide bonds. The van der Waals surface area contributed by atoms with E-state index in [0.717, 1.165) is 16.9 Å². The second-order valence-corrected chi connectivity index (χ2v) is 4.37. The van der Waals surface area contributed by atoms with E-state index >= 15 is 0 Å². The molecule has 0 spiro atoms. The number of aliphatic imine (C=N–C) groups is 1. The van der Waals surface area contributed by atoms with Crippen LogP contribution in [-0.2, 0) is 0 Å². The number of benzene rings is 2. The van der Waals surface area contributed by atoms with Gasteiger partial charge in [0.2, 0.25) is 0 Å². The Labute approximate surface area is 120 Å². The van der Waals surface area contributed by atoms with E-state index in [1.54, 1.807) is 0 Å². The van der Waals surface area contributed by atoms with Crippen LogP contribution in [0.4, 0.5) is 11.4 Å². The monoisotopic (exact) mass is 262 g/mol. The summed E-state index contributed by atoms with van der Waals surface area (Å²) >= 11 is 0. The Bertz CT molecular complexity index is 596. The molecule has 0 radical (unpaired) electrons. The van der Waals surface area contributed by atoms with E-state index in [1.165, 1.54) is 0 Å². The topological polar surface area (TPSA) is 24.4 Å². The molecule has 1 N–H and O–H groups in total. The second kappa shape index (κ2) is 7.74. The van der Waals surface area contributed by atoms with Gasteiger partial charge in [-0.3, -0.25) is 4.99 Å². The summed E-state index contributed by atoms with van der Waals surface area (Å²) in [6, 6.07) is 20.0. The van der Waals surface area contributed by atoms with Crippen molar-refractivity contribution in [3.63, 3.8) is 0 Å². The van der Waals surface area contributed by atoms with Crippen molar-refractivity contribution in [2.45, 2.75) is 6.92 Å². The Morgan fingerprint density at radius 1 is 0.950 bits per heavy atom. The third-order valence-electron chi connectivity index (χ3n) is 2.69. The number of rotatable bonds is 5. The molecule has 0 aliphatic carbocycles. The highest BCUT2D eigenvalue weighted by Gasteiger charge is 1.85. The summed E-state index contributed by atoms with van der Waals surface area (Å²) in [5.41, 5.74) is 3.17. The lowest BCUT2D eigenvalue weighted by Crippen LogP contribution is -1.86. The largest absolute Gasteiger partial charge is 0.362 e. The van der Waals surface area contributed by atoms with Crippen molar-refractivity contribution in [3.8, 4) is 0 Å². The molecule has 0 saturated heterocycles. The first kappa shape index (κ1) is 13.8. The van der Waals surface area contributed by atoms with Crippen LogP contribution >= 0.6 is 0 Å². The van der Waals surface area contributed by atoms with Crippen molar-refractivity contribution in [1.29, 1.82) is 0 Å². The first-order valence-electron chi connectivity index (χ1n) is 6.59. The summed E-state index contributed by atoms with van der Waals surface area (Å²) in [7, 11) is 0. The molecule has 2 aromatic rings. The number of anilines is 1. The SMILES string of the molecule is CC(=C/C=Nc1ccccc1)/C=C/Nc1ccccc1. The third kappa shape index (κ3) is 4.94. The van der Waals surface area contributed by atoms with Crippen LogP contribution in [0.15, 0.2) is 89.6 Å². The molecule has 0 bridgehead atoms. The van der Waals surface area contributed by atoms with Crippen LogP contribution in [0.2, 0.25) is 0 Å². The van der Waals surface area contributed by atoms with Gasteiger partial charge in [-0.15, -0.1) is 0 Å². The molecule has 0 aliphatic heterocycles. The van der Waals surface area contributed by atoms with Crippen LogP contribution in [0.3, 0.4) is 0 Å². The number of allylic oxidation sites excluding steroid dienone is 3. The number of nitrogens with one attached hydrogen (secondary N) is 1. The minimum Gasteiger partial charge on any atom is -0.362 e. The minimum atomic E-state index is 0.961. The molecule has 0 atom stereocenters. The van der Waals surface area contributed by atoms with E-state index in [2.05, 4.69) is 10.3 Å². The highest BCUT2D eigenvalue weighted by atomic mass is 14.8. The molecule has 0 unspecified atom stereocenters. The lowest BCUT2D eigenvalue weighted by molar-refractivity contribution is 1.49. The Morgan fingerprint density at radius 3 is 2.30 bits per heavy atom. The van der Waals surface area contributed by atoms with Gasteiger partial charge in [-0.05, 0) is 48.9 Å². The van der Waals surface area contributed by atoms with Gasteiger partial charge in [0.25, 0.3) is 0 Å². The van der Waals surface area contributed by atoms with Gasteiger partial charge in [0.1, 0.15) is 0 Å². The summed E-state index contributed by atoms with van der Waals surface area (Å²) in [4.78, 5) is 4.36. The van der Waals surface area contributed by atoms with Crippen molar-refractivity contribution in [1.82, 2.24) is 0 Å². The quantitative estimate of drug-likeness (QED) is 0.597. The Morgan fingerprint density at radius 2 is 1.60 bits per heavy atom. The maximum absolute atomic E-state index is 4.36. The molecule has 0 aromatic heterocycles. The van der Waals surface area contributed by atoms with Gasteiger partial charge in [-0.1, -0.05) is 36.4 Å². The molecule has 100 valence electrons. The van der Waals surface area contributed by atoms with Gasteiger partial charge in [0.05, 0.1) is 5.69 Å². The molecule has 2 aromatic carbocycles. The van der Waals surface area contributed by atoms with Crippen molar-refractivity contribution < 1.29 is 0 Å². The number of para-hydroxylation sites is 2. The highest BCUT2D eigenvalue weighted by Crippen LogP contribution is 2.09. The lowest BCUT2D eigenvalue weighted by atomic mass is 10.3. The predicted octanol–water partition coefficient (Wildman–Crippen LogP) is 4.96. The van der Waals surface area contributed by atoms with E-state index in [0.29, 0.717) is 0 Å². The van der Waals surface area contributed by atoms with Gasteiger partial charge >= 0.3 is 0 Å². The number of hydrogen-bond donors (Lipinski definition) is 1. The van der Waals surface area contributed by atoms with E-state index in [4.69, 9.17) is 0 Å². The van der Waals surface area contributed by atoms with Gasteiger partial charge in [0.15, 0.2) is 0 Å². The van der Waals surface area contributed by atoms with Crippen LogP contribution in [-0.4, -0.2) is 6.21 Å². The first-order chi connectivity index (χ1) is 9.84. The summed E-state index contributed by atoms with van der Waals surface area (Å²) < 4.78 is 0. The van der Waals surface area contributed by atoms with Gasteiger partial charge in [0, 0.05) is 18.1 Å². The van der Waals surface area contributed by atoms with Crippen LogP contribution in [0.5, 0.6) is 0 Å². The fraction of sp³-hybridized carbons (Fsp3) is 0.0556. The summed E-state index contributed by atoms with van der Waals surface area (Å²) in [5, 5.41) is 3.22. The zero-order chi connectivity index (χ0) is 14.0. The Kier molecular flexibility index (Phi) is 5.35. The van der Waals surface area contributed by atoms with Crippen LogP contribution < -0.4 is 5.32 Å². The highest BCUT2D eigenvalue weighted by molar-refractivity contribution is 5.75. The molecule has 0 aliphatic rings. The van der Waals surface area contributed by atoms with Crippen LogP contribution in [0, 0.1) is 0 Å². The van der Waals surface area contributed by atoms with Crippen molar-refractivity contribution in [3.05, 3.63) is 84.6 Å². The summed E-state index contributed by atoms with van der Waals surface area (Å²) in [5.74, 6) is 0. The smallest absolute Gasteiger partial charge is 0.0629 e. The summed E-state index contributed by atoms with van der Waals surface area (Å²) in [6.07, 6.45) is 7.75. The van der Waals surface area contributed by atoms with Gasteiger partial charge in [-0.25, -0.2) is 0 Å². The van der Waals surface area contributed by atoms with Gasteiger partial charge < -0.3 is 5.32 Å². The predicted molar refractivity (Wildman–Crippen MR) is 87.6 cm³/mol. The molecule has 2 heteroatoms. The minimum absolute atomic E-state index is 0.961. The summed E-state index contributed by atoms with van der Waals surface area (Å²) in [6.45, 7) is 2.04. The van der Waals surface area contributed by atoms with E-state index in [1.807, 2.05) is 92.2 Å². The first-order valence-corrected chi connectivity index (χ1v) is 6.59. The fourth-order valence-corrected chi connectivity index (χ4v) is 1.61. The van der Waals surface area contributed by atoms with E-state index in [-0.39, 0.29) is 0 Å². The van der Waals surface area contributed by atoms with Crippen molar-refractivity contribution in [2.75, 3.05) is 5.32 Å². The molecule has 2 rings (SSSR count). The average molecular weight is 262 g/mol. The standard InChI is InChI=1S/C18H18N2/c1-16(12-14-19-17-8-4-2-5-9-17)13-15-20-18-10-6-3-7-11-18/h2-15,19H,1H3/b14-12+,16-13-,20-15?. The van der Waals surface area contributed by atoms with Crippen molar-refractivity contribution >= 4 is 17.6 Å². The Balaban J connectivity index is 1.86. The molecule has 20 heavy (non-hydrogen) atoms. The van der Waals surface area contributed by atoms with Crippen LogP contribution in [0.1, 0.15) is 6.92 Å². The second-order valence-electron chi connectivity index (χ2n) is 4.37. The van der Waals surface area contributed by atoms with E-state index in [9.17, 15) is 0 Å². The molecular weight excluding hydrogens is 244 g/mol.